The van der Waals surface area contributed by atoms with Crippen molar-refractivity contribution in [3.8, 4) is 0 Å². The van der Waals surface area contributed by atoms with Gasteiger partial charge in [0, 0.05) is 26.2 Å². The average Bonchev–Trinajstić information content (AvgIpc) is 2.50. The van der Waals surface area contributed by atoms with Gasteiger partial charge in [-0.05, 0) is 37.5 Å². The van der Waals surface area contributed by atoms with Crippen molar-refractivity contribution in [1.29, 1.82) is 0 Å². The number of amides is 1. The Balaban J connectivity index is 1.46. The zero-order chi connectivity index (χ0) is 17.2. The number of carbonyl (C=O) groups is 1. The van der Waals surface area contributed by atoms with E-state index in [9.17, 15) is 13.6 Å². The predicted molar refractivity (Wildman–Crippen MR) is 86.8 cm³/mol. The third kappa shape index (κ3) is 3.44. The Bertz CT molecular complexity index is 443. The van der Waals surface area contributed by atoms with Gasteiger partial charge in [0.15, 0.2) is 0 Å². The Kier molecular flexibility index (Phi) is 5.42. The second-order valence-electron chi connectivity index (χ2n) is 7.79. The molecule has 1 amide bonds. The van der Waals surface area contributed by atoms with Gasteiger partial charge in [0.05, 0.1) is 24.7 Å². The van der Waals surface area contributed by atoms with Crippen molar-refractivity contribution in [2.75, 3.05) is 39.4 Å². The molecule has 24 heavy (non-hydrogen) atoms. The molecule has 0 radical (unpaired) electrons. The molecule has 1 spiro atoms. The molecule has 1 heterocycles. The van der Waals surface area contributed by atoms with Crippen LogP contribution < -0.4 is 11.1 Å². The van der Waals surface area contributed by atoms with Crippen molar-refractivity contribution in [3.05, 3.63) is 0 Å². The van der Waals surface area contributed by atoms with Gasteiger partial charge in [-0.3, -0.25) is 9.69 Å². The Morgan fingerprint density at radius 3 is 2.42 bits per heavy atom. The van der Waals surface area contributed by atoms with Gasteiger partial charge < -0.3 is 15.8 Å². The number of rotatable bonds is 7. The first-order valence-corrected chi connectivity index (χ1v) is 9.09. The number of alkyl halides is 2. The summed E-state index contributed by atoms with van der Waals surface area (Å²) < 4.78 is 31.9. The minimum Gasteiger partial charge on any atom is -0.379 e. The first-order valence-electron chi connectivity index (χ1n) is 9.09. The molecule has 1 atom stereocenters. The van der Waals surface area contributed by atoms with Gasteiger partial charge in [0.2, 0.25) is 5.91 Å². The van der Waals surface area contributed by atoms with Crippen molar-refractivity contribution in [1.82, 2.24) is 10.2 Å². The maximum absolute atomic E-state index is 13.3. The zero-order valence-electron chi connectivity index (χ0n) is 14.2. The molecular formula is C17H29F2N3O2. The fourth-order valence-corrected chi connectivity index (χ4v) is 4.71. The Labute approximate surface area is 142 Å². The monoisotopic (exact) mass is 345 g/mol. The lowest BCUT2D eigenvalue weighted by atomic mass is 9.45. The van der Waals surface area contributed by atoms with Gasteiger partial charge in [-0.2, -0.15) is 0 Å². The standard InChI is InChI=1S/C17H29F2N3O2/c18-14(19)13(22-6-8-24-9-7-22)2-5-21-15(23)17(12-20)10-16(11-17)3-1-4-16/h13-14H,1-12,20H2,(H,21,23). The van der Waals surface area contributed by atoms with E-state index in [0.717, 1.165) is 12.8 Å². The lowest BCUT2D eigenvalue weighted by molar-refractivity contribution is -0.154. The smallest absolute Gasteiger partial charge is 0.253 e. The summed E-state index contributed by atoms with van der Waals surface area (Å²) in [6, 6.07) is -0.817. The number of nitrogens with zero attached hydrogens (tertiary/aromatic N) is 1. The van der Waals surface area contributed by atoms with Crippen LogP contribution in [0.1, 0.15) is 38.5 Å². The van der Waals surface area contributed by atoms with E-state index in [4.69, 9.17) is 10.5 Å². The highest BCUT2D eigenvalue weighted by Gasteiger charge is 2.59. The largest absolute Gasteiger partial charge is 0.379 e. The van der Waals surface area contributed by atoms with Gasteiger partial charge >= 0.3 is 0 Å². The van der Waals surface area contributed by atoms with Gasteiger partial charge in [0.1, 0.15) is 0 Å². The highest BCUT2D eigenvalue weighted by Crippen LogP contribution is 2.64. The normalized spacial score (nSPS) is 26.7. The number of nitrogens with one attached hydrogen (secondary N) is 1. The fourth-order valence-electron chi connectivity index (χ4n) is 4.71. The molecule has 0 aromatic carbocycles. The minimum absolute atomic E-state index is 0.0440. The molecule has 3 rings (SSSR count). The number of ether oxygens (including phenoxy) is 1. The molecule has 5 nitrogen and oxygen atoms in total. The van der Waals surface area contributed by atoms with Gasteiger partial charge in [0.25, 0.3) is 6.43 Å². The molecule has 1 saturated heterocycles. The molecule has 3 fully saturated rings. The van der Waals surface area contributed by atoms with Crippen LogP contribution in [0.3, 0.4) is 0 Å². The third-order valence-electron chi connectivity index (χ3n) is 6.24. The summed E-state index contributed by atoms with van der Waals surface area (Å²) in [6.45, 7) is 2.67. The van der Waals surface area contributed by atoms with Crippen molar-refractivity contribution in [2.45, 2.75) is 51.0 Å². The van der Waals surface area contributed by atoms with Crippen LogP contribution in [0.4, 0.5) is 8.78 Å². The molecule has 0 bridgehead atoms. The van der Waals surface area contributed by atoms with E-state index in [1.807, 2.05) is 0 Å². The molecule has 0 aromatic heterocycles. The Morgan fingerprint density at radius 1 is 1.25 bits per heavy atom. The minimum atomic E-state index is -2.41. The van der Waals surface area contributed by atoms with E-state index in [0.29, 0.717) is 38.3 Å². The number of halogens is 2. The first-order chi connectivity index (χ1) is 11.5. The molecule has 0 aromatic rings. The maximum Gasteiger partial charge on any atom is 0.253 e. The van der Waals surface area contributed by atoms with Gasteiger partial charge in [-0.25, -0.2) is 8.78 Å². The van der Waals surface area contributed by atoms with E-state index in [2.05, 4.69) is 5.32 Å². The number of morpholine rings is 1. The third-order valence-corrected chi connectivity index (χ3v) is 6.24. The van der Waals surface area contributed by atoms with Crippen LogP contribution in [0.5, 0.6) is 0 Å². The molecule has 7 heteroatoms. The van der Waals surface area contributed by atoms with E-state index < -0.39 is 17.9 Å². The van der Waals surface area contributed by atoms with Gasteiger partial charge in [-0.15, -0.1) is 0 Å². The number of nitrogens with two attached hydrogens (primary N) is 1. The summed E-state index contributed by atoms with van der Waals surface area (Å²) in [5.41, 5.74) is 5.76. The Morgan fingerprint density at radius 2 is 1.92 bits per heavy atom. The highest BCUT2D eigenvalue weighted by molar-refractivity contribution is 5.84. The second-order valence-corrected chi connectivity index (χ2v) is 7.79. The SMILES string of the molecule is NCC1(C(=O)NCCC(C(F)F)N2CCOCC2)CC2(CCC2)C1. The molecule has 2 aliphatic carbocycles. The molecule has 3 N–H and O–H groups in total. The topological polar surface area (TPSA) is 67.6 Å². The molecule has 1 aliphatic heterocycles. The first kappa shape index (κ1) is 18.0. The molecule has 1 unspecified atom stereocenters. The summed E-state index contributed by atoms with van der Waals surface area (Å²) in [5, 5.41) is 2.88. The molecular weight excluding hydrogens is 316 g/mol. The summed E-state index contributed by atoms with van der Waals surface area (Å²) >= 11 is 0. The quantitative estimate of drug-likeness (QED) is 0.731. The van der Waals surface area contributed by atoms with Crippen molar-refractivity contribution >= 4 is 5.91 Å². The lowest BCUT2D eigenvalue weighted by Gasteiger charge is -2.60. The molecule has 3 aliphatic rings. The van der Waals surface area contributed by atoms with Crippen LogP contribution in [0.25, 0.3) is 0 Å². The number of carbonyl (C=O) groups excluding carboxylic acids is 1. The van der Waals surface area contributed by atoms with Crippen molar-refractivity contribution in [2.24, 2.45) is 16.6 Å². The zero-order valence-corrected chi connectivity index (χ0v) is 14.2. The number of hydrogen-bond donors (Lipinski definition) is 2. The van der Waals surface area contributed by atoms with Crippen LogP contribution >= 0.6 is 0 Å². The van der Waals surface area contributed by atoms with Crippen LogP contribution in [0.2, 0.25) is 0 Å². The van der Waals surface area contributed by atoms with E-state index in [1.54, 1.807) is 4.90 Å². The van der Waals surface area contributed by atoms with Crippen LogP contribution in [0, 0.1) is 10.8 Å². The second kappa shape index (κ2) is 7.22. The molecule has 138 valence electrons. The van der Waals surface area contributed by atoms with Crippen molar-refractivity contribution < 1.29 is 18.3 Å². The summed E-state index contributed by atoms with van der Waals surface area (Å²) in [5.74, 6) is -0.0440. The summed E-state index contributed by atoms with van der Waals surface area (Å²) in [7, 11) is 0. The van der Waals surface area contributed by atoms with E-state index in [1.165, 1.54) is 19.3 Å². The van der Waals surface area contributed by atoms with Crippen LogP contribution in [-0.2, 0) is 9.53 Å². The molecule has 2 saturated carbocycles. The van der Waals surface area contributed by atoms with Crippen LogP contribution in [0.15, 0.2) is 0 Å². The maximum atomic E-state index is 13.3. The number of hydrogen-bond acceptors (Lipinski definition) is 4. The summed E-state index contributed by atoms with van der Waals surface area (Å²) in [6.07, 6.45) is 3.23. The Hall–Kier alpha value is -0.790. The highest BCUT2D eigenvalue weighted by atomic mass is 19.3. The fraction of sp³-hybridized carbons (Fsp3) is 0.941. The van der Waals surface area contributed by atoms with Crippen molar-refractivity contribution in [3.63, 3.8) is 0 Å². The average molecular weight is 345 g/mol. The lowest BCUT2D eigenvalue weighted by Crippen LogP contribution is -2.61. The predicted octanol–water partition coefficient (Wildman–Crippen LogP) is 1.37. The van der Waals surface area contributed by atoms with Crippen LogP contribution in [-0.4, -0.2) is 62.7 Å². The summed E-state index contributed by atoms with van der Waals surface area (Å²) in [4.78, 5) is 14.3. The van der Waals surface area contributed by atoms with Gasteiger partial charge in [-0.1, -0.05) is 6.42 Å². The van der Waals surface area contributed by atoms with E-state index >= 15 is 0 Å². The van der Waals surface area contributed by atoms with E-state index in [-0.39, 0.29) is 18.9 Å².